The highest BCUT2D eigenvalue weighted by Crippen LogP contribution is 2.28. The van der Waals surface area contributed by atoms with Gasteiger partial charge in [-0.05, 0) is 49.6 Å². The molecule has 0 aliphatic carbocycles. The summed E-state index contributed by atoms with van der Waals surface area (Å²) in [5.41, 5.74) is 1.60. The van der Waals surface area contributed by atoms with Gasteiger partial charge in [0.1, 0.15) is 0 Å². The molecule has 4 heteroatoms. The highest BCUT2D eigenvalue weighted by Gasteiger charge is 2.14. The molecule has 0 amide bonds. The molecule has 0 aliphatic heterocycles. The zero-order valence-corrected chi connectivity index (χ0v) is 32.8. The molecule has 0 saturated heterocycles. The molecule has 2 aromatic carbocycles. The maximum atomic E-state index is 13.0. The number of hydrogen-bond donors (Lipinski definition) is 0. The number of unbranched alkanes of at least 4 members (excludes halogenated alkanes) is 25. The largest absolute Gasteiger partial charge is 0.490 e. The topological polar surface area (TPSA) is 44.8 Å². The summed E-state index contributed by atoms with van der Waals surface area (Å²) < 4.78 is 17.9. The van der Waals surface area contributed by atoms with E-state index in [4.69, 9.17) is 14.2 Å². The van der Waals surface area contributed by atoms with Crippen molar-refractivity contribution in [2.45, 2.75) is 200 Å². The van der Waals surface area contributed by atoms with Crippen LogP contribution in [0.1, 0.15) is 216 Å². The predicted molar refractivity (Wildman–Crippen MR) is 214 cm³/mol. The summed E-state index contributed by atoms with van der Waals surface area (Å²) in [6.45, 7) is 8.06. The van der Waals surface area contributed by atoms with Crippen molar-refractivity contribution < 1.29 is 19.0 Å². The number of ether oxygens (including phenoxy) is 3. The second-order valence-corrected chi connectivity index (χ2v) is 14.7. The van der Waals surface area contributed by atoms with Gasteiger partial charge in [-0.15, -0.1) is 0 Å². The lowest BCUT2D eigenvalue weighted by atomic mass is 10.0. The molecule has 0 saturated carbocycles. The van der Waals surface area contributed by atoms with Gasteiger partial charge in [0.2, 0.25) is 0 Å². The van der Waals surface area contributed by atoms with Gasteiger partial charge in [0.05, 0.1) is 18.3 Å². The van der Waals surface area contributed by atoms with Crippen LogP contribution in [0.5, 0.6) is 11.5 Å². The summed E-state index contributed by atoms with van der Waals surface area (Å²) in [6.07, 6.45) is 36.3. The van der Waals surface area contributed by atoms with Crippen LogP contribution < -0.4 is 9.47 Å². The number of carbonyl (C=O) groups excluding carboxylic acids is 1. The molecule has 0 heterocycles. The van der Waals surface area contributed by atoms with Crippen molar-refractivity contribution in [2.75, 3.05) is 13.2 Å². The normalized spacial score (nSPS) is 11.9. The average Bonchev–Trinajstić information content (AvgIpc) is 3.14. The van der Waals surface area contributed by atoms with E-state index in [0.717, 1.165) is 25.0 Å². The van der Waals surface area contributed by atoms with Crippen LogP contribution in [-0.2, 0) is 4.74 Å². The molecule has 0 spiro atoms. The number of benzene rings is 2. The van der Waals surface area contributed by atoms with Gasteiger partial charge in [0, 0.05) is 6.61 Å². The molecule has 0 bridgehead atoms. The van der Waals surface area contributed by atoms with Crippen LogP contribution in [0.2, 0.25) is 0 Å². The first kappa shape index (κ1) is 43.8. The van der Waals surface area contributed by atoms with E-state index in [0.29, 0.717) is 23.7 Å². The predicted octanol–water partition coefficient (Wildman–Crippen LogP) is 14.9. The molecule has 4 nitrogen and oxygen atoms in total. The maximum Gasteiger partial charge on any atom is 0.343 e. The summed E-state index contributed by atoms with van der Waals surface area (Å²) in [5, 5.41) is 0. The molecule has 0 aliphatic rings. The molecular formula is C46H76O4. The van der Waals surface area contributed by atoms with E-state index >= 15 is 0 Å². The van der Waals surface area contributed by atoms with E-state index in [1.807, 2.05) is 42.5 Å². The average molecular weight is 693 g/mol. The van der Waals surface area contributed by atoms with Gasteiger partial charge >= 0.3 is 5.97 Å². The Labute approximate surface area is 308 Å². The lowest BCUT2D eigenvalue weighted by Gasteiger charge is -2.14. The Morgan fingerprint density at radius 1 is 0.480 bits per heavy atom. The zero-order chi connectivity index (χ0) is 35.7. The van der Waals surface area contributed by atoms with Crippen molar-refractivity contribution in [3.8, 4) is 11.5 Å². The molecule has 2 aromatic rings. The lowest BCUT2D eigenvalue weighted by molar-refractivity contribution is 0.0625. The third kappa shape index (κ3) is 22.5. The summed E-state index contributed by atoms with van der Waals surface area (Å²) in [5.74, 6) is 0.729. The fourth-order valence-electron chi connectivity index (χ4n) is 6.66. The van der Waals surface area contributed by atoms with Gasteiger partial charge in [-0.3, -0.25) is 0 Å². The Hall–Kier alpha value is -2.33. The summed E-state index contributed by atoms with van der Waals surface area (Å²) in [6, 6.07) is 15.1. The summed E-state index contributed by atoms with van der Waals surface area (Å²) >= 11 is 0. The Kier molecular flexibility index (Phi) is 27.5. The second kappa shape index (κ2) is 31.4. The van der Waals surface area contributed by atoms with E-state index in [9.17, 15) is 4.79 Å². The SMILES string of the molecule is CCCCCCCCCCCCCCCCOC(C)c1ccc(C(=O)Oc2ccccc2OCCCCCCCCCCCCCCC)cc1. The van der Waals surface area contributed by atoms with Crippen molar-refractivity contribution in [2.24, 2.45) is 0 Å². The van der Waals surface area contributed by atoms with Gasteiger partial charge in [0.25, 0.3) is 0 Å². The van der Waals surface area contributed by atoms with Crippen LogP contribution >= 0.6 is 0 Å². The van der Waals surface area contributed by atoms with Gasteiger partial charge in [-0.25, -0.2) is 4.79 Å². The first-order valence-corrected chi connectivity index (χ1v) is 21.3. The molecule has 50 heavy (non-hydrogen) atoms. The second-order valence-electron chi connectivity index (χ2n) is 14.7. The maximum absolute atomic E-state index is 13.0. The quantitative estimate of drug-likeness (QED) is 0.0416. The minimum absolute atomic E-state index is 0.00118. The fraction of sp³-hybridized carbons (Fsp3) is 0.717. The lowest BCUT2D eigenvalue weighted by Crippen LogP contribution is -2.10. The molecule has 284 valence electrons. The first-order chi connectivity index (χ1) is 24.7. The van der Waals surface area contributed by atoms with E-state index in [1.165, 1.54) is 161 Å². The standard InChI is InChI=1S/C46H76O4/c1-4-6-8-10-12-14-16-18-20-21-23-25-27-31-39-48-41(3)42-35-37-43(38-36-42)46(47)50-45-34-30-29-33-44(45)49-40-32-28-26-24-22-19-17-15-13-11-9-7-5-2/h29-30,33-38,41H,4-28,31-32,39-40H2,1-3H3. The molecule has 0 N–H and O–H groups in total. The van der Waals surface area contributed by atoms with Crippen LogP contribution in [0, 0.1) is 0 Å². The molecule has 1 unspecified atom stereocenters. The van der Waals surface area contributed by atoms with Crippen molar-refractivity contribution in [1.82, 2.24) is 0 Å². The fourth-order valence-corrected chi connectivity index (χ4v) is 6.66. The van der Waals surface area contributed by atoms with Crippen molar-refractivity contribution in [3.63, 3.8) is 0 Å². The van der Waals surface area contributed by atoms with E-state index in [2.05, 4.69) is 20.8 Å². The van der Waals surface area contributed by atoms with Gasteiger partial charge < -0.3 is 14.2 Å². The third-order valence-corrected chi connectivity index (χ3v) is 10.0. The molecule has 0 fully saturated rings. The number of rotatable bonds is 34. The summed E-state index contributed by atoms with van der Waals surface area (Å²) in [7, 11) is 0. The third-order valence-electron chi connectivity index (χ3n) is 10.0. The van der Waals surface area contributed by atoms with Crippen molar-refractivity contribution >= 4 is 5.97 Å². The Bertz CT molecular complexity index is 1050. The van der Waals surface area contributed by atoms with Gasteiger partial charge in [-0.1, -0.05) is 199 Å². The molecule has 2 rings (SSSR count). The number of hydrogen-bond acceptors (Lipinski definition) is 4. The van der Waals surface area contributed by atoms with E-state index in [-0.39, 0.29) is 12.1 Å². The number of esters is 1. The van der Waals surface area contributed by atoms with E-state index in [1.54, 1.807) is 6.07 Å². The molecule has 1 atom stereocenters. The van der Waals surface area contributed by atoms with Crippen LogP contribution in [0.3, 0.4) is 0 Å². The van der Waals surface area contributed by atoms with Crippen LogP contribution in [0.15, 0.2) is 48.5 Å². The van der Waals surface area contributed by atoms with Crippen molar-refractivity contribution in [3.05, 3.63) is 59.7 Å². The van der Waals surface area contributed by atoms with Gasteiger partial charge in [0.15, 0.2) is 11.5 Å². The Balaban J connectivity index is 1.53. The monoisotopic (exact) mass is 693 g/mol. The molecular weight excluding hydrogens is 617 g/mol. The Morgan fingerprint density at radius 2 is 0.860 bits per heavy atom. The smallest absolute Gasteiger partial charge is 0.343 e. The van der Waals surface area contributed by atoms with Crippen LogP contribution in [0.4, 0.5) is 0 Å². The Morgan fingerprint density at radius 3 is 1.30 bits per heavy atom. The zero-order valence-electron chi connectivity index (χ0n) is 32.8. The van der Waals surface area contributed by atoms with Crippen LogP contribution in [0.25, 0.3) is 0 Å². The van der Waals surface area contributed by atoms with E-state index < -0.39 is 0 Å². The highest BCUT2D eigenvalue weighted by atomic mass is 16.6. The number of carbonyl (C=O) groups is 1. The highest BCUT2D eigenvalue weighted by molar-refractivity contribution is 5.91. The molecule has 0 aromatic heterocycles. The molecule has 0 radical (unpaired) electrons. The van der Waals surface area contributed by atoms with Gasteiger partial charge in [-0.2, -0.15) is 0 Å². The minimum atomic E-state index is -0.371. The minimum Gasteiger partial charge on any atom is -0.490 e. The summed E-state index contributed by atoms with van der Waals surface area (Å²) in [4.78, 5) is 13.0. The van der Waals surface area contributed by atoms with Crippen molar-refractivity contribution in [1.29, 1.82) is 0 Å². The van der Waals surface area contributed by atoms with Crippen LogP contribution in [-0.4, -0.2) is 19.2 Å². The number of para-hydroxylation sites is 2. The first-order valence-electron chi connectivity index (χ1n) is 21.3.